The smallest absolute Gasteiger partial charge is 0.217 e. The van der Waals surface area contributed by atoms with Crippen molar-refractivity contribution in [1.29, 1.82) is 5.41 Å². The molecular formula is C23H30N6O. The Morgan fingerprint density at radius 1 is 1.30 bits per heavy atom. The highest BCUT2D eigenvalue weighted by Crippen LogP contribution is 2.37. The van der Waals surface area contributed by atoms with E-state index in [0.717, 1.165) is 41.7 Å². The molecule has 0 aromatic carbocycles. The Bertz CT molecular complexity index is 965. The van der Waals surface area contributed by atoms with Crippen molar-refractivity contribution in [3.8, 4) is 0 Å². The lowest BCUT2D eigenvalue weighted by Crippen LogP contribution is -2.25. The summed E-state index contributed by atoms with van der Waals surface area (Å²) >= 11 is 0. The van der Waals surface area contributed by atoms with Gasteiger partial charge in [-0.1, -0.05) is 19.9 Å². The predicted octanol–water partition coefficient (Wildman–Crippen LogP) is 3.52. The number of anilines is 1. The van der Waals surface area contributed by atoms with Crippen LogP contribution in [0.2, 0.25) is 0 Å². The zero-order valence-corrected chi connectivity index (χ0v) is 17.9. The molecule has 0 saturated heterocycles. The molecule has 1 amide bonds. The van der Waals surface area contributed by atoms with Gasteiger partial charge in [0.25, 0.3) is 0 Å². The average molecular weight is 407 g/mol. The zero-order chi connectivity index (χ0) is 21.7. The van der Waals surface area contributed by atoms with E-state index in [4.69, 9.17) is 11.1 Å². The third-order valence-corrected chi connectivity index (χ3v) is 5.29. The minimum absolute atomic E-state index is 0.122. The summed E-state index contributed by atoms with van der Waals surface area (Å²) in [5.41, 5.74) is 11.1. The number of carbonyl (C=O) groups is 1. The molecule has 7 nitrogen and oxygen atoms in total. The fraction of sp³-hybridized carbons (Fsp3) is 0.391. The Kier molecular flexibility index (Phi) is 6.50. The van der Waals surface area contributed by atoms with Crippen molar-refractivity contribution < 1.29 is 4.79 Å². The molecule has 0 bridgehead atoms. The summed E-state index contributed by atoms with van der Waals surface area (Å²) in [5, 5.41) is 14.9. The van der Waals surface area contributed by atoms with Crippen molar-refractivity contribution in [2.24, 2.45) is 11.1 Å². The predicted molar refractivity (Wildman–Crippen MR) is 119 cm³/mol. The monoisotopic (exact) mass is 406 g/mol. The van der Waals surface area contributed by atoms with E-state index in [2.05, 4.69) is 34.4 Å². The van der Waals surface area contributed by atoms with Gasteiger partial charge >= 0.3 is 0 Å². The molecule has 1 aliphatic rings. The second-order valence-electron chi connectivity index (χ2n) is 8.58. The van der Waals surface area contributed by atoms with E-state index in [1.165, 1.54) is 6.92 Å². The summed E-state index contributed by atoms with van der Waals surface area (Å²) in [7, 11) is 0. The molecule has 30 heavy (non-hydrogen) atoms. The highest BCUT2D eigenvalue weighted by molar-refractivity contribution is 6.11. The van der Waals surface area contributed by atoms with Crippen molar-refractivity contribution in [2.45, 2.75) is 53.1 Å². The summed E-state index contributed by atoms with van der Waals surface area (Å²) < 4.78 is 0. The van der Waals surface area contributed by atoms with Crippen LogP contribution < -0.4 is 16.4 Å². The number of aromatic nitrogens is 2. The van der Waals surface area contributed by atoms with E-state index >= 15 is 0 Å². The second kappa shape index (κ2) is 9.07. The Morgan fingerprint density at radius 2 is 2.10 bits per heavy atom. The van der Waals surface area contributed by atoms with Gasteiger partial charge in [-0.3, -0.25) is 15.2 Å². The van der Waals surface area contributed by atoms with Gasteiger partial charge < -0.3 is 16.4 Å². The van der Waals surface area contributed by atoms with Crippen LogP contribution in [0.15, 0.2) is 47.9 Å². The Balaban J connectivity index is 1.87. The molecule has 158 valence electrons. The van der Waals surface area contributed by atoms with Crippen LogP contribution in [-0.4, -0.2) is 21.6 Å². The van der Waals surface area contributed by atoms with Crippen LogP contribution in [0.1, 0.15) is 56.9 Å². The van der Waals surface area contributed by atoms with Gasteiger partial charge in [0.05, 0.1) is 18.0 Å². The van der Waals surface area contributed by atoms with E-state index in [1.54, 1.807) is 12.4 Å². The normalized spacial score (nSPS) is 15.6. The molecule has 5 N–H and O–H groups in total. The standard InChI is InChI=1S/C23H30N6O/c1-15(30)27-14-18-9-17(22(25)19-6-7-23(2,3)11-20(19)24)10-21(29-18)28-13-16-5-4-8-26-12-16/h4-5,8-10,12,25H,6-7,11,13-14,24H2,1-3H3,(H,27,30)(H,28,29). The van der Waals surface area contributed by atoms with Gasteiger partial charge in [0.1, 0.15) is 5.82 Å². The molecule has 0 fully saturated rings. The molecule has 0 radical (unpaired) electrons. The van der Waals surface area contributed by atoms with Crippen LogP contribution in [0.5, 0.6) is 0 Å². The van der Waals surface area contributed by atoms with E-state index in [9.17, 15) is 4.79 Å². The zero-order valence-electron chi connectivity index (χ0n) is 17.9. The molecular weight excluding hydrogens is 376 g/mol. The van der Waals surface area contributed by atoms with Gasteiger partial charge in [-0.2, -0.15) is 0 Å². The third kappa shape index (κ3) is 5.65. The van der Waals surface area contributed by atoms with Crippen molar-refractivity contribution in [2.75, 3.05) is 5.32 Å². The van der Waals surface area contributed by atoms with Crippen LogP contribution in [0.25, 0.3) is 0 Å². The van der Waals surface area contributed by atoms with Crippen LogP contribution in [0.4, 0.5) is 5.82 Å². The van der Waals surface area contributed by atoms with Gasteiger partial charge in [0, 0.05) is 37.1 Å². The lowest BCUT2D eigenvalue weighted by Gasteiger charge is -2.32. The number of nitrogens with zero attached hydrogens (tertiary/aromatic N) is 2. The molecule has 1 aliphatic carbocycles. The van der Waals surface area contributed by atoms with Crippen LogP contribution in [0.3, 0.4) is 0 Å². The number of nitrogens with one attached hydrogen (secondary N) is 3. The number of hydrogen-bond donors (Lipinski definition) is 4. The number of pyridine rings is 2. The SMILES string of the molecule is CC(=O)NCc1cc(C(=N)C2=C(N)CC(C)(C)CC2)cc(NCc2cccnc2)n1. The largest absolute Gasteiger partial charge is 0.402 e. The molecule has 0 unspecified atom stereocenters. The topological polar surface area (TPSA) is 117 Å². The average Bonchev–Trinajstić information content (AvgIpc) is 2.70. The van der Waals surface area contributed by atoms with Crippen molar-refractivity contribution in [3.63, 3.8) is 0 Å². The molecule has 7 heteroatoms. The first-order valence-corrected chi connectivity index (χ1v) is 10.2. The minimum Gasteiger partial charge on any atom is -0.402 e. The second-order valence-corrected chi connectivity index (χ2v) is 8.58. The van der Waals surface area contributed by atoms with Gasteiger partial charge in [0.2, 0.25) is 5.91 Å². The van der Waals surface area contributed by atoms with Crippen molar-refractivity contribution >= 4 is 17.4 Å². The Labute approximate surface area is 177 Å². The molecule has 2 aromatic heterocycles. The fourth-order valence-corrected chi connectivity index (χ4v) is 3.62. The van der Waals surface area contributed by atoms with Gasteiger partial charge in [0.15, 0.2) is 0 Å². The first kappa shape index (κ1) is 21.5. The summed E-state index contributed by atoms with van der Waals surface area (Å²) in [6, 6.07) is 7.60. The van der Waals surface area contributed by atoms with Crippen LogP contribution in [-0.2, 0) is 17.9 Å². The lowest BCUT2D eigenvalue weighted by atomic mass is 9.75. The number of amides is 1. The molecule has 0 atom stereocenters. The molecule has 0 aliphatic heterocycles. The maximum atomic E-state index is 11.4. The summed E-state index contributed by atoms with van der Waals surface area (Å²) in [4.78, 5) is 20.1. The number of allylic oxidation sites excluding steroid dienone is 2. The van der Waals surface area contributed by atoms with Gasteiger partial charge in [-0.25, -0.2) is 4.98 Å². The maximum Gasteiger partial charge on any atom is 0.217 e. The van der Waals surface area contributed by atoms with Crippen LogP contribution >= 0.6 is 0 Å². The van der Waals surface area contributed by atoms with Gasteiger partial charge in [-0.15, -0.1) is 0 Å². The summed E-state index contributed by atoms with van der Waals surface area (Å²) in [6.07, 6.45) is 6.12. The number of hydrogen-bond acceptors (Lipinski definition) is 6. The first-order valence-electron chi connectivity index (χ1n) is 10.2. The summed E-state index contributed by atoms with van der Waals surface area (Å²) in [6.45, 7) is 6.76. The van der Waals surface area contributed by atoms with Crippen molar-refractivity contribution in [1.82, 2.24) is 15.3 Å². The minimum atomic E-state index is -0.122. The van der Waals surface area contributed by atoms with E-state index in [-0.39, 0.29) is 11.3 Å². The first-order chi connectivity index (χ1) is 14.2. The van der Waals surface area contributed by atoms with Crippen LogP contribution in [0, 0.1) is 10.8 Å². The van der Waals surface area contributed by atoms with E-state index in [0.29, 0.717) is 30.3 Å². The molecule has 0 saturated carbocycles. The van der Waals surface area contributed by atoms with E-state index < -0.39 is 0 Å². The fourth-order valence-electron chi connectivity index (χ4n) is 3.62. The molecule has 2 aromatic rings. The number of nitrogens with two attached hydrogens (primary N) is 1. The maximum absolute atomic E-state index is 11.4. The lowest BCUT2D eigenvalue weighted by molar-refractivity contribution is -0.119. The molecule has 2 heterocycles. The molecule has 3 rings (SSSR count). The Morgan fingerprint density at radius 3 is 2.77 bits per heavy atom. The highest BCUT2D eigenvalue weighted by atomic mass is 16.1. The number of carbonyl (C=O) groups excluding carboxylic acids is 1. The third-order valence-electron chi connectivity index (χ3n) is 5.29. The quantitative estimate of drug-likeness (QED) is 0.525. The Hall–Kier alpha value is -3.22. The van der Waals surface area contributed by atoms with Crippen molar-refractivity contribution in [3.05, 3.63) is 64.8 Å². The highest BCUT2D eigenvalue weighted by Gasteiger charge is 2.28. The molecule has 0 spiro atoms. The summed E-state index contributed by atoms with van der Waals surface area (Å²) in [5.74, 6) is 0.528. The number of rotatable bonds is 7. The van der Waals surface area contributed by atoms with Gasteiger partial charge in [-0.05, 0) is 54.0 Å². The van der Waals surface area contributed by atoms with E-state index in [1.807, 2.05) is 24.3 Å².